The van der Waals surface area contributed by atoms with Crippen LogP contribution in [0.3, 0.4) is 0 Å². The average Bonchev–Trinajstić information content (AvgIpc) is 3.23. The molecule has 0 aliphatic carbocycles. The Morgan fingerprint density at radius 1 is 1.19 bits per heavy atom. The smallest absolute Gasteiger partial charge is 0.250 e. The zero-order valence-corrected chi connectivity index (χ0v) is 18.6. The highest BCUT2D eigenvalue weighted by atomic mass is 16.1. The third-order valence-corrected chi connectivity index (χ3v) is 6.64. The predicted molar refractivity (Wildman–Crippen MR) is 128 cm³/mol. The number of amides is 1. The summed E-state index contributed by atoms with van der Waals surface area (Å²) in [7, 11) is 0. The number of benzene rings is 2. The van der Waals surface area contributed by atoms with E-state index in [0.29, 0.717) is 17.4 Å². The van der Waals surface area contributed by atoms with Gasteiger partial charge in [-0.1, -0.05) is 38.5 Å². The molecule has 31 heavy (non-hydrogen) atoms. The van der Waals surface area contributed by atoms with Crippen molar-refractivity contribution in [2.24, 2.45) is 11.7 Å². The Hall–Kier alpha value is -2.63. The maximum absolute atomic E-state index is 12.3. The molecule has 3 aromatic rings. The first-order chi connectivity index (χ1) is 15.1. The monoisotopic (exact) mass is 418 g/mol. The number of nitrogens with two attached hydrogens (primary N) is 1. The van der Waals surface area contributed by atoms with Crippen molar-refractivity contribution in [3.8, 4) is 11.1 Å². The summed E-state index contributed by atoms with van der Waals surface area (Å²) in [4.78, 5) is 15.6. The van der Waals surface area contributed by atoms with Crippen molar-refractivity contribution in [2.75, 3.05) is 19.6 Å². The lowest BCUT2D eigenvalue weighted by atomic mass is 9.88. The molecule has 0 bridgehead atoms. The van der Waals surface area contributed by atoms with Gasteiger partial charge in [0.05, 0.1) is 11.1 Å². The van der Waals surface area contributed by atoms with Gasteiger partial charge in [0.25, 0.3) is 5.91 Å². The van der Waals surface area contributed by atoms with E-state index < -0.39 is 5.91 Å². The van der Waals surface area contributed by atoms with Crippen LogP contribution in [0, 0.1) is 5.92 Å². The van der Waals surface area contributed by atoms with Gasteiger partial charge in [-0.2, -0.15) is 0 Å². The molecule has 2 aromatic carbocycles. The van der Waals surface area contributed by atoms with Gasteiger partial charge in [0.15, 0.2) is 0 Å². The highest BCUT2D eigenvalue weighted by Gasteiger charge is 2.21. The van der Waals surface area contributed by atoms with E-state index in [1.807, 2.05) is 6.07 Å². The Morgan fingerprint density at radius 3 is 2.74 bits per heavy atom. The zero-order chi connectivity index (χ0) is 21.8. The molecule has 0 unspecified atom stereocenters. The minimum Gasteiger partial charge on any atom is -0.366 e. The molecule has 0 saturated carbocycles. The van der Waals surface area contributed by atoms with Crippen LogP contribution < -0.4 is 16.4 Å². The van der Waals surface area contributed by atoms with E-state index in [0.717, 1.165) is 61.1 Å². The second-order valence-corrected chi connectivity index (χ2v) is 8.92. The van der Waals surface area contributed by atoms with Gasteiger partial charge in [-0.05, 0) is 84.8 Å². The molecule has 5 heteroatoms. The van der Waals surface area contributed by atoms with Gasteiger partial charge in [0, 0.05) is 18.1 Å². The standard InChI is InChI=1S/C26H34N4O/c1-3-17(2)14-29-15-18-5-4-6-20(11-18)21-12-22-24(19-7-9-28-10-8-19)16-30-25(22)23(13-21)26(27)31/h4-6,11-13,16-17,19,28-30H,3,7-10,14-15H2,1-2H3,(H2,27,31)/t17-/m0/s1. The number of fused-ring (bicyclic) bond motifs is 1. The molecule has 1 atom stereocenters. The second-order valence-electron chi connectivity index (χ2n) is 8.92. The van der Waals surface area contributed by atoms with Crippen LogP contribution in [0.15, 0.2) is 42.6 Å². The van der Waals surface area contributed by atoms with Gasteiger partial charge in [0.2, 0.25) is 0 Å². The SMILES string of the molecule is CC[C@H](C)CNCc1cccc(-c2cc(C(N)=O)c3[nH]cc(C4CCNCC4)c3c2)c1. The van der Waals surface area contributed by atoms with E-state index in [1.165, 1.54) is 17.5 Å². The molecule has 1 saturated heterocycles. The van der Waals surface area contributed by atoms with Gasteiger partial charge in [0.1, 0.15) is 0 Å². The van der Waals surface area contributed by atoms with Crippen LogP contribution in [0.2, 0.25) is 0 Å². The molecule has 1 amide bonds. The maximum Gasteiger partial charge on any atom is 0.250 e. The molecule has 4 rings (SSSR count). The van der Waals surface area contributed by atoms with Crippen LogP contribution in [-0.4, -0.2) is 30.5 Å². The Labute approximate surface area is 184 Å². The van der Waals surface area contributed by atoms with E-state index in [4.69, 9.17) is 5.73 Å². The first-order valence-electron chi connectivity index (χ1n) is 11.5. The number of hydrogen-bond acceptors (Lipinski definition) is 3. The number of primary amides is 1. The fourth-order valence-corrected chi connectivity index (χ4v) is 4.55. The van der Waals surface area contributed by atoms with Crippen molar-refractivity contribution in [2.45, 2.75) is 45.6 Å². The summed E-state index contributed by atoms with van der Waals surface area (Å²) in [5.41, 5.74) is 11.9. The summed E-state index contributed by atoms with van der Waals surface area (Å²) >= 11 is 0. The number of H-pyrrole nitrogens is 1. The summed E-state index contributed by atoms with van der Waals surface area (Å²) in [6, 6.07) is 12.7. The van der Waals surface area contributed by atoms with Gasteiger partial charge >= 0.3 is 0 Å². The molecular weight excluding hydrogens is 384 g/mol. The molecule has 5 N–H and O–H groups in total. The quantitative estimate of drug-likeness (QED) is 0.433. The number of piperidine rings is 1. The maximum atomic E-state index is 12.3. The molecule has 1 aliphatic rings. The first kappa shape index (κ1) is 21.6. The van der Waals surface area contributed by atoms with Crippen LogP contribution in [0.5, 0.6) is 0 Å². The Morgan fingerprint density at radius 2 is 2.00 bits per heavy atom. The number of aromatic nitrogens is 1. The highest BCUT2D eigenvalue weighted by molar-refractivity contribution is 6.07. The lowest BCUT2D eigenvalue weighted by Crippen LogP contribution is -2.26. The van der Waals surface area contributed by atoms with E-state index >= 15 is 0 Å². The average molecular weight is 419 g/mol. The van der Waals surface area contributed by atoms with Crippen LogP contribution >= 0.6 is 0 Å². The number of rotatable bonds is 8. The third kappa shape index (κ3) is 4.83. The van der Waals surface area contributed by atoms with Crippen molar-refractivity contribution >= 4 is 16.8 Å². The van der Waals surface area contributed by atoms with Crippen molar-refractivity contribution < 1.29 is 4.79 Å². The fraction of sp³-hybridized carbons (Fsp3) is 0.423. The highest BCUT2D eigenvalue weighted by Crippen LogP contribution is 2.35. The summed E-state index contributed by atoms with van der Waals surface area (Å²) in [5.74, 6) is 0.782. The fourth-order valence-electron chi connectivity index (χ4n) is 4.55. The molecule has 0 radical (unpaired) electrons. The molecular formula is C26H34N4O. The van der Waals surface area contributed by atoms with Crippen molar-refractivity contribution in [1.82, 2.24) is 15.6 Å². The topological polar surface area (TPSA) is 82.9 Å². The molecule has 164 valence electrons. The first-order valence-corrected chi connectivity index (χ1v) is 11.5. The summed E-state index contributed by atoms with van der Waals surface area (Å²) in [6.07, 6.45) is 5.48. The van der Waals surface area contributed by atoms with Gasteiger partial charge in [-0.15, -0.1) is 0 Å². The van der Waals surface area contributed by atoms with E-state index in [-0.39, 0.29) is 0 Å². The van der Waals surface area contributed by atoms with E-state index in [1.54, 1.807) is 0 Å². The van der Waals surface area contributed by atoms with Gasteiger partial charge in [-0.25, -0.2) is 0 Å². The Bertz CT molecular complexity index is 1050. The van der Waals surface area contributed by atoms with E-state index in [2.05, 4.69) is 66.0 Å². The van der Waals surface area contributed by atoms with Gasteiger partial charge < -0.3 is 21.4 Å². The number of carbonyl (C=O) groups is 1. The normalized spacial score (nSPS) is 15.9. The van der Waals surface area contributed by atoms with Crippen molar-refractivity contribution in [1.29, 1.82) is 0 Å². The van der Waals surface area contributed by atoms with Crippen molar-refractivity contribution in [3.05, 3.63) is 59.3 Å². The number of hydrogen-bond donors (Lipinski definition) is 4. The van der Waals surface area contributed by atoms with Crippen LogP contribution in [0.25, 0.3) is 22.0 Å². The van der Waals surface area contributed by atoms with Crippen LogP contribution in [0.4, 0.5) is 0 Å². The predicted octanol–water partition coefficient (Wildman–Crippen LogP) is 4.54. The molecule has 1 fully saturated rings. The lowest BCUT2D eigenvalue weighted by Gasteiger charge is -2.22. The molecule has 1 aliphatic heterocycles. The minimum absolute atomic E-state index is 0.392. The summed E-state index contributed by atoms with van der Waals surface area (Å²) in [5, 5.41) is 8.11. The van der Waals surface area contributed by atoms with Crippen LogP contribution in [0.1, 0.15) is 60.5 Å². The molecule has 5 nitrogen and oxygen atoms in total. The molecule has 1 aromatic heterocycles. The number of nitrogens with one attached hydrogen (secondary N) is 3. The summed E-state index contributed by atoms with van der Waals surface area (Å²) < 4.78 is 0. The third-order valence-electron chi connectivity index (χ3n) is 6.64. The van der Waals surface area contributed by atoms with Crippen LogP contribution in [-0.2, 0) is 6.54 Å². The number of carbonyl (C=O) groups excluding carboxylic acids is 1. The van der Waals surface area contributed by atoms with E-state index in [9.17, 15) is 4.79 Å². The minimum atomic E-state index is -0.392. The molecule has 2 heterocycles. The Balaban J connectivity index is 1.68. The Kier molecular flexibility index (Phi) is 6.73. The summed E-state index contributed by atoms with van der Waals surface area (Å²) in [6.45, 7) is 8.41. The largest absolute Gasteiger partial charge is 0.366 e. The number of aromatic amines is 1. The lowest BCUT2D eigenvalue weighted by molar-refractivity contribution is 0.100. The molecule has 0 spiro atoms. The zero-order valence-electron chi connectivity index (χ0n) is 18.6. The second kappa shape index (κ2) is 9.67. The van der Waals surface area contributed by atoms with Crippen molar-refractivity contribution in [3.63, 3.8) is 0 Å². The van der Waals surface area contributed by atoms with Gasteiger partial charge in [-0.3, -0.25) is 4.79 Å².